The first-order valence-electron chi connectivity index (χ1n) is 23.7. The van der Waals surface area contributed by atoms with Gasteiger partial charge in [0.05, 0.1) is 24.7 Å². The van der Waals surface area contributed by atoms with Gasteiger partial charge in [0.15, 0.2) is 18.7 Å². The topological polar surface area (TPSA) is 292 Å². The van der Waals surface area contributed by atoms with Gasteiger partial charge in [-0.2, -0.15) is 0 Å². The summed E-state index contributed by atoms with van der Waals surface area (Å²) in [6.45, 7) is 14.6. The summed E-state index contributed by atoms with van der Waals surface area (Å²) in [6.07, 6.45) is -13.2. The van der Waals surface area contributed by atoms with E-state index in [1.807, 2.05) is 0 Å². The molecular formula is C47H74O18. The van der Waals surface area contributed by atoms with E-state index < -0.39 is 128 Å². The second-order valence-electron chi connectivity index (χ2n) is 23.0. The van der Waals surface area contributed by atoms with Crippen molar-refractivity contribution >= 4 is 11.9 Å². The molecule has 10 N–H and O–H groups in total. The SMILES string of the molecule is CC1(C)CC[C@]2(C(=O)O[C@@H]3O[C@H](CO)[C@@H](O)[C@H](O)[C@H]3O)CC[C@]3(C)C(=CC[C@@H]4[C@@]5(C)CC[C@H](O[C@@H]6O[C@H](C(=O)O)[C@@H](O[C@@H]7O[C@@H](CO)[C@H](O)[C@H]7O)[C@H](O)[C@H]6O)C(C)(C)[C@@H]5CC[C@]43C)[C@H]2C1. The predicted molar refractivity (Wildman–Crippen MR) is 225 cm³/mol. The first-order valence-corrected chi connectivity index (χ1v) is 23.7. The minimum atomic E-state index is -1.84. The molecule has 22 atom stereocenters. The number of carbonyl (C=O) groups is 2. The van der Waals surface area contributed by atoms with Crippen molar-refractivity contribution < 1.29 is 89.1 Å². The van der Waals surface area contributed by atoms with Crippen LogP contribution < -0.4 is 0 Å². The molecule has 3 heterocycles. The monoisotopic (exact) mass is 926 g/mol. The molecule has 370 valence electrons. The summed E-state index contributed by atoms with van der Waals surface area (Å²) < 4.78 is 35.0. The third-order valence-electron chi connectivity index (χ3n) is 18.9. The Kier molecular flexibility index (Phi) is 13.1. The molecule has 8 rings (SSSR count). The van der Waals surface area contributed by atoms with Gasteiger partial charge in [-0.3, -0.25) is 4.79 Å². The number of hydrogen-bond donors (Lipinski definition) is 10. The molecule has 3 saturated heterocycles. The van der Waals surface area contributed by atoms with Gasteiger partial charge in [0, 0.05) is 0 Å². The number of ether oxygens (including phenoxy) is 6. The van der Waals surface area contributed by atoms with Crippen molar-refractivity contribution in [1.29, 1.82) is 0 Å². The highest BCUT2D eigenvalue weighted by molar-refractivity contribution is 5.79. The maximum absolute atomic E-state index is 14.6. The van der Waals surface area contributed by atoms with Crippen LogP contribution in [0.15, 0.2) is 11.6 Å². The Labute approximate surface area is 380 Å². The molecule has 18 heteroatoms. The number of esters is 1. The fraction of sp³-hybridized carbons (Fsp3) is 0.915. The van der Waals surface area contributed by atoms with Crippen molar-refractivity contribution in [2.75, 3.05) is 13.2 Å². The summed E-state index contributed by atoms with van der Waals surface area (Å²) in [5.41, 5.74) is -0.800. The van der Waals surface area contributed by atoms with Crippen LogP contribution in [0.4, 0.5) is 0 Å². The second kappa shape index (κ2) is 17.2. The molecule has 0 unspecified atom stereocenters. The van der Waals surface area contributed by atoms with Crippen molar-refractivity contribution in [1.82, 2.24) is 0 Å². The average molecular weight is 927 g/mol. The van der Waals surface area contributed by atoms with Gasteiger partial charge in [0.2, 0.25) is 6.29 Å². The van der Waals surface area contributed by atoms with Gasteiger partial charge in [0.1, 0.15) is 61.0 Å². The molecule has 5 aliphatic carbocycles. The number of aliphatic hydroxyl groups is 9. The summed E-state index contributed by atoms with van der Waals surface area (Å²) in [7, 11) is 0. The lowest BCUT2D eigenvalue weighted by Gasteiger charge is -2.71. The third kappa shape index (κ3) is 7.67. The third-order valence-corrected chi connectivity index (χ3v) is 18.9. The van der Waals surface area contributed by atoms with Gasteiger partial charge < -0.3 is 79.5 Å². The highest BCUT2D eigenvalue weighted by atomic mass is 16.8. The number of rotatable bonds is 9. The lowest BCUT2D eigenvalue weighted by molar-refractivity contribution is -0.342. The molecule has 0 aromatic carbocycles. The Bertz CT molecular complexity index is 1820. The fourth-order valence-corrected chi connectivity index (χ4v) is 14.8. The average Bonchev–Trinajstić information content (AvgIpc) is 3.52. The molecule has 0 spiro atoms. The summed E-state index contributed by atoms with van der Waals surface area (Å²) in [5.74, 6) is -1.77. The van der Waals surface area contributed by atoms with E-state index in [4.69, 9.17) is 28.4 Å². The number of allylic oxidation sites excluding steroid dienone is 2. The van der Waals surface area contributed by atoms with Gasteiger partial charge >= 0.3 is 11.9 Å². The molecule has 0 amide bonds. The summed E-state index contributed by atoms with van der Waals surface area (Å²) >= 11 is 0. The Morgan fingerprint density at radius 3 is 1.89 bits per heavy atom. The smallest absolute Gasteiger partial charge is 0.335 e. The molecular weight excluding hydrogens is 852 g/mol. The maximum atomic E-state index is 14.6. The quantitative estimate of drug-likeness (QED) is 0.0872. The van der Waals surface area contributed by atoms with E-state index in [0.29, 0.717) is 19.3 Å². The van der Waals surface area contributed by atoms with Crippen LogP contribution in [0, 0.1) is 50.2 Å². The van der Waals surface area contributed by atoms with Gasteiger partial charge in [-0.05, 0) is 109 Å². The van der Waals surface area contributed by atoms with Crippen LogP contribution in [0.3, 0.4) is 0 Å². The van der Waals surface area contributed by atoms with E-state index in [2.05, 4.69) is 54.5 Å². The summed E-state index contributed by atoms with van der Waals surface area (Å²) in [6, 6.07) is 0. The van der Waals surface area contributed by atoms with Crippen LogP contribution in [0.2, 0.25) is 0 Å². The Hall–Kier alpha value is -1.88. The van der Waals surface area contributed by atoms with E-state index in [0.717, 1.165) is 44.9 Å². The molecule has 0 radical (unpaired) electrons. The van der Waals surface area contributed by atoms with E-state index >= 15 is 0 Å². The normalized spacial score (nSPS) is 52.5. The van der Waals surface area contributed by atoms with Crippen LogP contribution >= 0.6 is 0 Å². The van der Waals surface area contributed by atoms with Gasteiger partial charge in [0.25, 0.3) is 0 Å². The molecule has 0 aromatic heterocycles. The molecule has 0 bridgehead atoms. The number of carboxylic acids is 1. The van der Waals surface area contributed by atoms with Crippen LogP contribution in [0.1, 0.15) is 113 Å². The van der Waals surface area contributed by atoms with E-state index in [-0.39, 0.29) is 39.4 Å². The Morgan fingerprint density at radius 1 is 0.662 bits per heavy atom. The number of aliphatic carboxylic acids is 1. The maximum Gasteiger partial charge on any atom is 0.335 e. The fourth-order valence-electron chi connectivity index (χ4n) is 14.8. The van der Waals surface area contributed by atoms with Crippen LogP contribution in [-0.4, -0.2) is 168 Å². The molecule has 7 fully saturated rings. The van der Waals surface area contributed by atoms with Gasteiger partial charge in [-0.1, -0.05) is 60.1 Å². The van der Waals surface area contributed by atoms with Crippen LogP contribution in [0.5, 0.6) is 0 Å². The summed E-state index contributed by atoms with van der Waals surface area (Å²) in [4.78, 5) is 27.2. The van der Waals surface area contributed by atoms with Crippen molar-refractivity contribution in [2.45, 2.75) is 205 Å². The van der Waals surface area contributed by atoms with Gasteiger partial charge in [-0.25, -0.2) is 4.79 Å². The number of carboxylic acid groups (broad SMARTS) is 1. The van der Waals surface area contributed by atoms with Crippen molar-refractivity contribution in [3.63, 3.8) is 0 Å². The number of carbonyl (C=O) groups excluding carboxylic acids is 1. The largest absolute Gasteiger partial charge is 0.479 e. The highest BCUT2D eigenvalue weighted by Gasteiger charge is 2.70. The standard InChI is InChI=1S/C47H74O18/c1-42(2)14-16-47(41(59)65-39-33(55)30(52)28(50)23(19-48)61-39)17-15-45(6)21(22(47)18-42)8-9-26-44(5)12-11-27(43(3,4)25(44)10-13-46(26,45)7)62-40-34(56)31(53)35(36(64-40)37(57)58)63-38-32(54)29(51)24(20-49)60-38/h8,22-36,38-40,48-56H,9-20H2,1-7H3,(H,57,58)/t22-,23-,24+,25+,26-,27+,28-,29+,30+,31-,32-,33-,34-,35+,36+,38+,39+,40-,44+,45-,46-,47+/m1/s1. The predicted octanol–water partition coefficient (Wildman–Crippen LogP) is 0.872. The first-order chi connectivity index (χ1) is 30.3. The first kappa shape index (κ1) is 49.5. The molecule has 65 heavy (non-hydrogen) atoms. The lowest BCUT2D eigenvalue weighted by atomic mass is 9.33. The molecule has 0 aromatic rings. The van der Waals surface area contributed by atoms with E-state index in [1.165, 1.54) is 5.57 Å². The number of hydrogen-bond acceptors (Lipinski definition) is 17. The zero-order chi connectivity index (χ0) is 47.6. The van der Waals surface area contributed by atoms with Crippen molar-refractivity contribution in [3.8, 4) is 0 Å². The van der Waals surface area contributed by atoms with E-state index in [1.54, 1.807) is 0 Å². The lowest BCUT2D eigenvalue weighted by Crippen LogP contribution is -2.66. The van der Waals surface area contributed by atoms with Crippen molar-refractivity contribution in [2.24, 2.45) is 50.2 Å². The Morgan fingerprint density at radius 2 is 1.25 bits per heavy atom. The molecule has 18 nitrogen and oxygen atoms in total. The highest BCUT2D eigenvalue weighted by Crippen LogP contribution is 2.76. The van der Waals surface area contributed by atoms with Crippen LogP contribution in [-0.2, 0) is 38.0 Å². The zero-order valence-electron chi connectivity index (χ0n) is 38.7. The molecule has 8 aliphatic rings. The van der Waals surface area contributed by atoms with Crippen molar-refractivity contribution in [3.05, 3.63) is 11.6 Å². The van der Waals surface area contributed by atoms with E-state index in [9.17, 15) is 60.7 Å². The zero-order valence-corrected chi connectivity index (χ0v) is 38.7. The number of fused-ring (bicyclic) bond motifs is 7. The number of aliphatic hydroxyl groups excluding tert-OH is 9. The second-order valence-corrected chi connectivity index (χ2v) is 23.0. The molecule has 3 aliphatic heterocycles. The minimum absolute atomic E-state index is 0.0645. The summed E-state index contributed by atoms with van der Waals surface area (Å²) in [5, 5.41) is 104. The molecule has 4 saturated carbocycles. The minimum Gasteiger partial charge on any atom is -0.479 e. The van der Waals surface area contributed by atoms with Crippen LogP contribution in [0.25, 0.3) is 0 Å². The van der Waals surface area contributed by atoms with Gasteiger partial charge in [-0.15, -0.1) is 0 Å². The Balaban J connectivity index is 1.01.